The number of hydrogen-bond donors (Lipinski definition) is 2. The van der Waals surface area contributed by atoms with Crippen molar-refractivity contribution in [2.24, 2.45) is 7.05 Å². The van der Waals surface area contributed by atoms with Crippen LogP contribution in [0.1, 0.15) is 21.6 Å². The molecular weight excluding hydrogens is 338 g/mol. The Labute approximate surface area is 150 Å². The van der Waals surface area contributed by atoms with Crippen LogP contribution in [-0.4, -0.2) is 40.8 Å². The predicted octanol–water partition coefficient (Wildman–Crippen LogP) is 1.91. The van der Waals surface area contributed by atoms with Gasteiger partial charge >= 0.3 is 6.03 Å². The summed E-state index contributed by atoms with van der Waals surface area (Å²) in [6.07, 6.45) is 3.73. The summed E-state index contributed by atoms with van der Waals surface area (Å²) in [5.41, 5.74) is 3.20. The fourth-order valence-electron chi connectivity index (χ4n) is 2.80. The van der Waals surface area contributed by atoms with Crippen LogP contribution in [-0.2, 0) is 13.6 Å². The van der Waals surface area contributed by atoms with Crippen molar-refractivity contribution in [1.82, 2.24) is 20.2 Å². The van der Waals surface area contributed by atoms with Gasteiger partial charge in [-0.15, -0.1) is 0 Å². The SMILES string of the molecule is CSc1ncc(CNC(=O)c2ccc(C)c(N3CCNC3=O)c2)n1C. The van der Waals surface area contributed by atoms with E-state index >= 15 is 0 Å². The fourth-order valence-corrected chi connectivity index (χ4v) is 3.34. The molecule has 0 atom stereocenters. The highest BCUT2D eigenvalue weighted by atomic mass is 32.2. The number of rotatable bonds is 5. The van der Waals surface area contributed by atoms with Crippen molar-refractivity contribution >= 4 is 29.4 Å². The minimum Gasteiger partial charge on any atom is -0.346 e. The monoisotopic (exact) mass is 359 g/mol. The average Bonchev–Trinajstić information content (AvgIpc) is 3.18. The molecule has 2 N–H and O–H groups in total. The molecule has 3 amide bonds. The van der Waals surface area contributed by atoms with Crippen LogP contribution in [0.4, 0.5) is 10.5 Å². The number of aromatic nitrogens is 2. The average molecular weight is 359 g/mol. The first-order chi connectivity index (χ1) is 12.0. The number of nitrogens with one attached hydrogen (secondary N) is 2. The number of aryl methyl sites for hydroxylation is 1. The summed E-state index contributed by atoms with van der Waals surface area (Å²) in [5.74, 6) is -0.173. The zero-order chi connectivity index (χ0) is 18.0. The Morgan fingerprint density at radius 3 is 2.88 bits per heavy atom. The Morgan fingerprint density at radius 2 is 2.24 bits per heavy atom. The molecule has 1 saturated heterocycles. The van der Waals surface area contributed by atoms with Gasteiger partial charge in [0.25, 0.3) is 5.91 Å². The Balaban J connectivity index is 1.73. The standard InChI is InChI=1S/C17H21N5O2S/c1-11-4-5-12(8-14(11)22-7-6-18-16(22)24)15(23)19-9-13-10-20-17(25-3)21(13)2/h4-5,8,10H,6-7,9H2,1-3H3,(H,18,24)(H,19,23). The van der Waals surface area contributed by atoms with Crippen LogP contribution in [0, 0.1) is 6.92 Å². The minimum absolute atomic E-state index is 0.125. The quantitative estimate of drug-likeness (QED) is 0.800. The molecule has 1 fully saturated rings. The molecule has 1 aliphatic rings. The predicted molar refractivity (Wildman–Crippen MR) is 98.1 cm³/mol. The van der Waals surface area contributed by atoms with Gasteiger partial charge in [0.15, 0.2) is 5.16 Å². The Hall–Kier alpha value is -2.48. The molecule has 2 aromatic rings. The minimum atomic E-state index is -0.173. The van der Waals surface area contributed by atoms with E-state index in [1.54, 1.807) is 35.0 Å². The van der Waals surface area contributed by atoms with Gasteiger partial charge in [0.2, 0.25) is 0 Å². The number of urea groups is 1. The van der Waals surface area contributed by atoms with Crippen LogP contribution in [0.15, 0.2) is 29.6 Å². The third kappa shape index (κ3) is 3.48. The summed E-state index contributed by atoms with van der Waals surface area (Å²) in [7, 11) is 1.93. The molecule has 0 spiro atoms. The number of carbonyl (C=O) groups excluding carboxylic acids is 2. The number of amides is 3. The van der Waals surface area contributed by atoms with Crippen molar-refractivity contribution in [3.63, 3.8) is 0 Å². The molecule has 8 heteroatoms. The highest BCUT2D eigenvalue weighted by Crippen LogP contribution is 2.23. The first kappa shape index (κ1) is 17.3. The van der Waals surface area contributed by atoms with Gasteiger partial charge in [0.1, 0.15) is 0 Å². The molecule has 2 heterocycles. The summed E-state index contributed by atoms with van der Waals surface area (Å²) in [4.78, 5) is 30.3. The highest BCUT2D eigenvalue weighted by Gasteiger charge is 2.23. The zero-order valence-electron chi connectivity index (χ0n) is 14.5. The molecule has 25 heavy (non-hydrogen) atoms. The van der Waals surface area contributed by atoms with E-state index in [1.165, 1.54) is 0 Å². The van der Waals surface area contributed by atoms with Crippen molar-refractivity contribution in [2.75, 3.05) is 24.2 Å². The Morgan fingerprint density at radius 1 is 1.44 bits per heavy atom. The Bertz CT molecular complexity index is 817. The zero-order valence-corrected chi connectivity index (χ0v) is 15.3. The van der Waals surface area contributed by atoms with Crippen molar-refractivity contribution in [3.8, 4) is 0 Å². The van der Waals surface area contributed by atoms with E-state index in [4.69, 9.17) is 0 Å². The number of benzene rings is 1. The van der Waals surface area contributed by atoms with Crippen molar-refractivity contribution in [1.29, 1.82) is 0 Å². The second-order valence-corrected chi connectivity index (χ2v) is 6.64. The van der Waals surface area contributed by atoms with Gasteiger partial charge in [-0.25, -0.2) is 9.78 Å². The topological polar surface area (TPSA) is 79.3 Å². The lowest BCUT2D eigenvalue weighted by Gasteiger charge is -2.18. The fraction of sp³-hybridized carbons (Fsp3) is 0.353. The molecule has 1 aromatic heterocycles. The molecule has 132 valence electrons. The summed E-state index contributed by atoms with van der Waals surface area (Å²) in [6, 6.07) is 5.29. The third-order valence-corrected chi connectivity index (χ3v) is 5.02. The van der Waals surface area contributed by atoms with Gasteiger partial charge in [0, 0.05) is 31.4 Å². The second kappa shape index (κ2) is 7.18. The number of imidazole rings is 1. The van der Waals surface area contributed by atoms with E-state index in [9.17, 15) is 9.59 Å². The number of thioether (sulfide) groups is 1. The molecule has 0 radical (unpaired) electrons. The first-order valence-corrected chi connectivity index (χ1v) is 9.22. The lowest BCUT2D eigenvalue weighted by atomic mass is 10.1. The molecule has 0 aliphatic carbocycles. The summed E-state index contributed by atoms with van der Waals surface area (Å²) in [6.45, 7) is 3.56. The van der Waals surface area contributed by atoms with Crippen molar-refractivity contribution in [2.45, 2.75) is 18.6 Å². The normalized spacial score (nSPS) is 13.9. The van der Waals surface area contributed by atoms with Crippen molar-refractivity contribution in [3.05, 3.63) is 41.2 Å². The van der Waals surface area contributed by atoms with E-state index < -0.39 is 0 Å². The highest BCUT2D eigenvalue weighted by molar-refractivity contribution is 7.98. The lowest BCUT2D eigenvalue weighted by molar-refractivity contribution is 0.0950. The lowest BCUT2D eigenvalue weighted by Crippen LogP contribution is -2.29. The van der Waals surface area contributed by atoms with E-state index in [1.807, 2.05) is 30.9 Å². The van der Waals surface area contributed by atoms with Crippen LogP contribution in [0.5, 0.6) is 0 Å². The van der Waals surface area contributed by atoms with Crippen LogP contribution in [0.2, 0.25) is 0 Å². The molecule has 0 bridgehead atoms. The smallest absolute Gasteiger partial charge is 0.322 e. The third-order valence-electron chi connectivity index (χ3n) is 4.27. The molecule has 0 saturated carbocycles. The number of carbonyl (C=O) groups is 2. The van der Waals surface area contributed by atoms with E-state index in [0.717, 1.165) is 22.1 Å². The maximum Gasteiger partial charge on any atom is 0.322 e. The summed E-state index contributed by atoms with van der Waals surface area (Å²) < 4.78 is 1.96. The van der Waals surface area contributed by atoms with Crippen LogP contribution in [0.3, 0.4) is 0 Å². The molecule has 3 rings (SSSR count). The summed E-state index contributed by atoms with van der Waals surface area (Å²) in [5, 5.41) is 6.60. The van der Waals surface area contributed by atoms with Gasteiger partial charge in [-0.1, -0.05) is 17.8 Å². The van der Waals surface area contributed by atoms with E-state index in [-0.39, 0.29) is 11.9 Å². The van der Waals surface area contributed by atoms with Gasteiger partial charge in [-0.3, -0.25) is 9.69 Å². The van der Waals surface area contributed by atoms with Crippen LogP contribution < -0.4 is 15.5 Å². The number of anilines is 1. The summed E-state index contributed by atoms with van der Waals surface area (Å²) >= 11 is 1.56. The number of nitrogens with zero attached hydrogens (tertiary/aromatic N) is 3. The maximum atomic E-state index is 12.5. The Kier molecular flexibility index (Phi) is 4.98. The van der Waals surface area contributed by atoms with Gasteiger partial charge in [0.05, 0.1) is 18.4 Å². The van der Waals surface area contributed by atoms with Gasteiger partial charge in [-0.05, 0) is 30.9 Å². The van der Waals surface area contributed by atoms with E-state index in [2.05, 4.69) is 15.6 Å². The number of hydrogen-bond acceptors (Lipinski definition) is 4. The molecule has 1 aliphatic heterocycles. The van der Waals surface area contributed by atoms with Gasteiger partial charge < -0.3 is 15.2 Å². The second-order valence-electron chi connectivity index (χ2n) is 5.86. The first-order valence-electron chi connectivity index (χ1n) is 8.00. The maximum absolute atomic E-state index is 12.5. The molecule has 0 unspecified atom stereocenters. The van der Waals surface area contributed by atoms with Gasteiger partial charge in [-0.2, -0.15) is 0 Å². The van der Waals surface area contributed by atoms with E-state index in [0.29, 0.717) is 25.2 Å². The van der Waals surface area contributed by atoms with Crippen LogP contribution in [0.25, 0.3) is 0 Å². The van der Waals surface area contributed by atoms with Crippen LogP contribution >= 0.6 is 11.8 Å². The largest absolute Gasteiger partial charge is 0.346 e. The molecular formula is C17H21N5O2S. The van der Waals surface area contributed by atoms with Crippen molar-refractivity contribution < 1.29 is 9.59 Å². The molecule has 7 nitrogen and oxygen atoms in total. The molecule has 1 aromatic carbocycles.